The number of hydrogen-bond donors (Lipinski definition) is 2. The summed E-state index contributed by atoms with van der Waals surface area (Å²) in [4.78, 5) is 3.25. The molecule has 0 fully saturated rings. The van der Waals surface area contributed by atoms with Gasteiger partial charge in [-0.05, 0) is 42.5 Å². The maximum Gasteiger partial charge on any atom is 0.0486 e. The van der Waals surface area contributed by atoms with Crippen LogP contribution in [0.25, 0.3) is 10.9 Å². The zero-order chi connectivity index (χ0) is 9.26. The summed E-state index contributed by atoms with van der Waals surface area (Å²) in [6.07, 6.45) is 2.94. The molecule has 2 aromatic rings. The highest BCUT2D eigenvalue weighted by Crippen LogP contribution is 2.20. The molecule has 0 atom stereocenters. The summed E-state index contributed by atoms with van der Waals surface area (Å²) in [5.74, 6) is 0. The van der Waals surface area contributed by atoms with Gasteiger partial charge >= 0.3 is 0 Å². The van der Waals surface area contributed by atoms with Crippen molar-refractivity contribution in [2.24, 2.45) is 5.73 Å². The van der Waals surface area contributed by atoms with Crippen molar-refractivity contribution < 1.29 is 0 Å². The van der Waals surface area contributed by atoms with Gasteiger partial charge in [-0.3, -0.25) is 0 Å². The molecule has 2 heteroatoms. The molecule has 0 aliphatic rings. The summed E-state index contributed by atoms with van der Waals surface area (Å²) in [5.41, 5.74) is 9.45. The number of nitrogens with two attached hydrogens (primary N) is 1. The van der Waals surface area contributed by atoms with E-state index in [4.69, 9.17) is 5.73 Å². The summed E-state index contributed by atoms with van der Waals surface area (Å²) < 4.78 is 0. The average Bonchev–Trinajstić information content (AvgIpc) is 2.58. The zero-order valence-electron chi connectivity index (χ0n) is 7.80. The van der Waals surface area contributed by atoms with Crippen LogP contribution in [0.4, 0.5) is 0 Å². The molecule has 1 aromatic heterocycles. The van der Waals surface area contributed by atoms with E-state index in [9.17, 15) is 0 Å². The highest BCUT2D eigenvalue weighted by molar-refractivity contribution is 5.83. The van der Waals surface area contributed by atoms with Crippen molar-refractivity contribution >= 4 is 10.9 Å². The van der Waals surface area contributed by atoms with Crippen molar-refractivity contribution in [3.05, 3.63) is 35.5 Å². The first-order chi connectivity index (χ1) is 6.33. The van der Waals surface area contributed by atoms with E-state index >= 15 is 0 Å². The van der Waals surface area contributed by atoms with Gasteiger partial charge in [0.05, 0.1) is 0 Å². The van der Waals surface area contributed by atoms with Crippen LogP contribution in [0.3, 0.4) is 0 Å². The van der Waals surface area contributed by atoms with Gasteiger partial charge in [0, 0.05) is 11.7 Å². The number of hydrogen-bond acceptors (Lipinski definition) is 1. The Kier molecular flexibility index (Phi) is 2.07. The molecule has 2 nitrogen and oxygen atoms in total. The molecular weight excluding hydrogens is 160 g/mol. The molecule has 1 aromatic carbocycles. The molecule has 0 radical (unpaired) electrons. The first kappa shape index (κ1) is 8.32. The third-order valence-electron chi connectivity index (χ3n) is 2.51. The van der Waals surface area contributed by atoms with E-state index in [-0.39, 0.29) is 0 Å². The normalized spacial score (nSPS) is 10.9. The van der Waals surface area contributed by atoms with Crippen molar-refractivity contribution in [3.8, 4) is 0 Å². The Labute approximate surface area is 77.8 Å². The number of aromatic amines is 1. The molecule has 68 valence electrons. The fraction of sp³-hybridized carbons (Fsp3) is 0.273. The van der Waals surface area contributed by atoms with Crippen LogP contribution in [-0.2, 0) is 6.42 Å². The molecule has 0 unspecified atom stereocenters. The first-order valence-corrected chi connectivity index (χ1v) is 4.58. The lowest BCUT2D eigenvalue weighted by molar-refractivity contribution is 0.960. The molecule has 0 amide bonds. The minimum Gasteiger partial charge on any atom is -0.361 e. The van der Waals surface area contributed by atoms with Crippen LogP contribution in [0.5, 0.6) is 0 Å². The summed E-state index contributed by atoms with van der Waals surface area (Å²) >= 11 is 0. The standard InChI is InChI=1S/C11H14N2/c1-8-9(4-6-12)2-3-10-5-7-13-11(8)10/h2-3,5,7,13H,4,6,12H2,1H3. The fourth-order valence-electron chi connectivity index (χ4n) is 1.75. The molecule has 0 saturated carbocycles. The van der Waals surface area contributed by atoms with Crippen molar-refractivity contribution in [2.75, 3.05) is 6.54 Å². The van der Waals surface area contributed by atoms with Crippen LogP contribution in [0.15, 0.2) is 24.4 Å². The van der Waals surface area contributed by atoms with Crippen LogP contribution >= 0.6 is 0 Å². The molecule has 0 bridgehead atoms. The summed E-state index contributed by atoms with van der Waals surface area (Å²) in [5, 5.41) is 1.28. The van der Waals surface area contributed by atoms with Gasteiger partial charge in [-0.2, -0.15) is 0 Å². The quantitative estimate of drug-likeness (QED) is 0.718. The maximum atomic E-state index is 5.54. The van der Waals surface area contributed by atoms with E-state index in [0.717, 1.165) is 6.42 Å². The highest BCUT2D eigenvalue weighted by atomic mass is 14.7. The minimum absolute atomic E-state index is 0.715. The lowest BCUT2D eigenvalue weighted by Gasteiger charge is -2.04. The maximum absolute atomic E-state index is 5.54. The molecule has 3 N–H and O–H groups in total. The third-order valence-corrected chi connectivity index (χ3v) is 2.51. The van der Waals surface area contributed by atoms with E-state index in [2.05, 4.69) is 30.1 Å². The van der Waals surface area contributed by atoms with E-state index in [1.54, 1.807) is 0 Å². The Morgan fingerprint density at radius 2 is 2.15 bits per heavy atom. The smallest absolute Gasteiger partial charge is 0.0486 e. The summed E-state index contributed by atoms with van der Waals surface area (Å²) in [7, 11) is 0. The van der Waals surface area contributed by atoms with Crippen LogP contribution in [-0.4, -0.2) is 11.5 Å². The van der Waals surface area contributed by atoms with Gasteiger partial charge in [-0.25, -0.2) is 0 Å². The summed E-state index contributed by atoms with van der Waals surface area (Å²) in [6.45, 7) is 2.86. The Balaban J connectivity index is 2.59. The van der Waals surface area contributed by atoms with Crippen molar-refractivity contribution in [3.63, 3.8) is 0 Å². The molecule has 0 saturated heterocycles. The number of nitrogens with one attached hydrogen (secondary N) is 1. The highest BCUT2D eigenvalue weighted by Gasteiger charge is 2.02. The van der Waals surface area contributed by atoms with Gasteiger partial charge in [0.2, 0.25) is 0 Å². The van der Waals surface area contributed by atoms with E-state index in [1.807, 2.05) is 6.20 Å². The largest absolute Gasteiger partial charge is 0.361 e. The molecule has 0 spiro atoms. The lowest BCUT2D eigenvalue weighted by atomic mass is 10.0. The van der Waals surface area contributed by atoms with E-state index in [0.29, 0.717) is 6.54 Å². The summed E-state index contributed by atoms with van der Waals surface area (Å²) in [6, 6.07) is 6.40. The zero-order valence-corrected chi connectivity index (χ0v) is 7.80. The van der Waals surface area contributed by atoms with Gasteiger partial charge in [0.1, 0.15) is 0 Å². The number of rotatable bonds is 2. The number of aryl methyl sites for hydroxylation is 1. The van der Waals surface area contributed by atoms with Crippen molar-refractivity contribution in [1.82, 2.24) is 4.98 Å². The second-order valence-electron chi connectivity index (χ2n) is 3.33. The SMILES string of the molecule is Cc1c(CCN)ccc2cc[nH]c12. The molecule has 2 rings (SSSR count). The number of H-pyrrole nitrogens is 1. The van der Waals surface area contributed by atoms with Crippen LogP contribution in [0, 0.1) is 6.92 Å². The Morgan fingerprint density at radius 3 is 2.92 bits per heavy atom. The second kappa shape index (κ2) is 3.23. The number of benzene rings is 1. The first-order valence-electron chi connectivity index (χ1n) is 4.58. The van der Waals surface area contributed by atoms with Gasteiger partial charge in [-0.1, -0.05) is 12.1 Å². The molecule has 1 heterocycles. The number of fused-ring (bicyclic) bond motifs is 1. The number of aromatic nitrogens is 1. The van der Waals surface area contributed by atoms with E-state index in [1.165, 1.54) is 22.0 Å². The van der Waals surface area contributed by atoms with Gasteiger partial charge < -0.3 is 10.7 Å². The fourth-order valence-corrected chi connectivity index (χ4v) is 1.75. The minimum atomic E-state index is 0.715. The monoisotopic (exact) mass is 174 g/mol. The van der Waals surface area contributed by atoms with Crippen LogP contribution in [0.2, 0.25) is 0 Å². The van der Waals surface area contributed by atoms with E-state index < -0.39 is 0 Å². The lowest BCUT2D eigenvalue weighted by Crippen LogP contribution is -2.04. The molecular formula is C11H14N2. The Morgan fingerprint density at radius 1 is 1.31 bits per heavy atom. The predicted octanol–water partition coefficient (Wildman–Crippen LogP) is 1.98. The van der Waals surface area contributed by atoms with Crippen LogP contribution < -0.4 is 5.73 Å². The molecule has 0 aliphatic heterocycles. The van der Waals surface area contributed by atoms with Gasteiger partial charge in [0.25, 0.3) is 0 Å². The Hall–Kier alpha value is -1.28. The average molecular weight is 174 g/mol. The molecule has 0 aliphatic carbocycles. The third kappa shape index (κ3) is 1.33. The van der Waals surface area contributed by atoms with Gasteiger partial charge in [-0.15, -0.1) is 0 Å². The molecule has 13 heavy (non-hydrogen) atoms. The van der Waals surface area contributed by atoms with Crippen LogP contribution in [0.1, 0.15) is 11.1 Å². The second-order valence-corrected chi connectivity index (χ2v) is 3.33. The van der Waals surface area contributed by atoms with Crippen molar-refractivity contribution in [1.29, 1.82) is 0 Å². The Bertz CT molecular complexity index is 415. The van der Waals surface area contributed by atoms with Crippen molar-refractivity contribution in [2.45, 2.75) is 13.3 Å². The van der Waals surface area contributed by atoms with Gasteiger partial charge in [0.15, 0.2) is 0 Å². The topological polar surface area (TPSA) is 41.8 Å². The predicted molar refractivity (Wildman–Crippen MR) is 55.8 cm³/mol.